The molecule has 2 aromatic rings. The van der Waals surface area contributed by atoms with E-state index in [1.54, 1.807) is 5.57 Å². The first kappa shape index (κ1) is 24.8. The van der Waals surface area contributed by atoms with Crippen LogP contribution in [-0.4, -0.2) is 24.5 Å². The summed E-state index contributed by atoms with van der Waals surface area (Å²) >= 11 is 0. The smallest absolute Gasteiger partial charge is 0.00190 e. The van der Waals surface area contributed by atoms with Gasteiger partial charge in [0.15, 0.2) is 0 Å². The Morgan fingerprint density at radius 1 is 0.656 bits per heavy atom. The zero-order valence-electron chi connectivity index (χ0n) is 19.8. The summed E-state index contributed by atoms with van der Waals surface area (Å²) in [5.41, 5.74) is 8.68. The Morgan fingerprint density at radius 3 is 1.72 bits per heavy atom. The Kier molecular flexibility index (Phi) is 10.1. The number of fused-ring (bicyclic) bond motifs is 2. The van der Waals surface area contributed by atoms with Crippen LogP contribution in [0.1, 0.15) is 93.4 Å². The second kappa shape index (κ2) is 13.0. The molecule has 0 amide bonds. The third kappa shape index (κ3) is 6.36. The lowest BCUT2D eigenvalue weighted by molar-refractivity contribution is 0.251. The van der Waals surface area contributed by atoms with Crippen LogP contribution < -0.4 is 0 Å². The van der Waals surface area contributed by atoms with E-state index < -0.39 is 0 Å². The van der Waals surface area contributed by atoms with Crippen molar-refractivity contribution in [3.8, 4) is 0 Å². The van der Waals surface area contributed by atoms with Crippen LogP contribution >= 0.6 is 12.4 Å². The lowest BCUT2D eigenvalue weighted by atomic mass is 9.86. The van der Waals surface area contributed by atoms with Gasteiger partial charge in [-0.1, -0.05) is 118 Å². The highest BCUT2D eigenvalue weighted by Crippen LogP contribution is 2.38. The van der Waals surface area contributed by atoms with Crippen LogP contribution in [0.2, 0.25) is 0 Å². The lowest BCUT2D eigenvalue weighted by Crippen LogP contribution is -2.32. The SMILES string of the molecule is CCCCCCCCCCN1CCC(=C2c3ccccc3C=Cc3ccccc32)CC1.Cl. The third-order valence-corrected chi connectivity index (χ3v) is 7.04. The summed E-state index contributed by atoms with van der Waals surface area (Å²) in [6.45, 7) is 6.01. The predicted molar refractivity (Wildman–Crippen MR) is 143 cm³/mol. The number of likely N-dealkylation sites (tertiary alicyclic amines) is 1. The van der Waals surface area contributed by atoms with E-state index in [1.165, 1.54) is 112 Å². The summed E-state index contributed by atoms with van der Waals surface area (Å²) in [6, 6.07) is 17.9. The van der Waals surface area contributed by atoms with E-state index in [-0.39, 0.29) is 12.4 Å². The fourth-order valence-corrected chi connectivity index (χ4v) is 5.21. The second-order valence-electron chi connectivity index (χ2n) is 9.30. The maximum absolute atomic E-state index is 2.70. The highest BCUT2D eigenvalue weighted by molar-refractivity contribution is 5.94. The Labute approximate surface area is 202 Å². The zero-order valence-corrected chi connectivity index (χ0v) is 20.6. The van der Waals surface area contributed by atoms with Crippen molar-refractivity contribution in [2.45, 2.75) is 71.1 Å². The molecular formula is C30H40ClN. The van der Waals surface area contributed by atoms with Crippen LogP contribution in [0.25, 0.3) is 17.7 Å². The topological polar surface area (TPSA) is 3.24 Å². The molecule has 0 bridgehead atoms. The minimum absolute atomic E-state index is 0. The van der Waals surface area contributed by atoms with E-state index in [2.05, 4.69) is 72.5 Å². The van der Waals surface area contributed by atoms with Gasteiger partial charge in [0.05, 0.1) is 0 Å². The van der Waals surface area contributed by atoms with Crippen molar-refractivity contribution in [2.75, 3.05) is 19.6 Å². The van der Waals surface area contributed by atoms with Gasteiger partial charge in [-0.25, -0.2) is 0 Å². The largest absolute Gasteiger partial charge is 0.303 e. The number of piperidine rings is 1. The van der Waals surface area contributed by atoms with E-state index in [9.17, 15) is 0 Å². The zero-order chi connectivity index (χ0) is 21.3. The summed E-state index contributed by atoms with van der Waals surface area (Å²) in [5, 5.41) is 0. The molecule has 1 nitrogen and oxygen atoms in total. The standard InChI is InChI=1S/C30H39N.ClH/c1-2-3-4-5-6-7-8-13-22-31-23-20-27(21-24-31)30-28-16-11-9-14-25(28)18-19-26-15-10-12-17-29(26)30;/h9-12,14-19H,2-8,13,20-24H2,1H3;1H. The summed E-state index contributed by atoms with van der Waals surface area (Å²) in [4.78, 5) is 2.70. The number of benzene rings is 2. The molecule has 2 heteroatoms. The van der Waals surface area contributed by atoms with Gasteiger partial charge in [0.1, 0.15) is 0 Å². The predicted octanol–water partition coefficient (Wildman–Crippen LogP) is 8.63. The van der Waals surface area contributed by atoms with Crippen molar-refractivity contribution in [1.82, 2.24) is 4.90 Å². The number of unbranched alkanes of at least 4 members (excludes halogenated alkanes) is 7. The van der Waals surface area contributed by atoms with E-state index in [0.717, 1.165) is 0 Å². The molecule has 0 aromatic heterocycles. The van der Waals surface area contributed by atoms with Crippen molar-refractivity contribution < 1.29 is 0 Å². The molecule has 1 heterocycles. The molecule has 0 N–H and O–H groups in total. The summed E-state index contributed by atoms with van der Waals surface area (Å²) in [5.74, 6) is 0. The van der Waals surface area contributed by atoms with Gasteiger partial charge in [0.2, 0.25) is 0 Å². The Hall–Kier alpha value is -1.83. The molecule has 0 atom stereocenters. The summed E-state index contributed by atoms with van der Waals surface area (Å²) < 4.78 is 0. The number of rotatable bonds is 9. The van der Waals surface area contributed by atoms with Gasteiger partial charge in [-0.2, -0.15) is 0 Å². The van der Waals surface area contributed by atoms with E-state index in [1.807, 2.05) is 0 Å². The molecule has 1 aliphatic heterocycles. The van der Waals surface area contributed by atoms with E-state index in [4.69, 9.17) is 0 Å². The van der Waals surface area contributed by atoms with Crippen LogP contribution in [0.5, 0.6) is 0 Å². The summed E-state index contributed by atoms with van der Waals surface area (Å²) in [7, 11) is 0. The molecule has 172 valence electrons. The molecule has 0 radical (unpaired) electrons. The Bertz CT molecular complexity index is 849. The normalized spacial score (nSPS) is 15.7. The highest BCUT2D eigenvalue weighted by atomic mass is 35.5. The monoisotopic (exact) mass is 449 g/mol. The maximum atomic E-state index is 2.70. The van der Waals surface area contributed by atoms with E-state index in [0.29, 0.717) is 0 Å². The van der Waals surface area contributed by atoms with Gasteiger partial charge < -0.3 is 4.90 Å². The van der Waals surface area contributed by atoms with Crippen LogP contribution in [0.15, 0.2) is 54.1 Å². The van der Waals surface area contributed by atoms with Crippen molar-refractivity contribution in [1.29, 1.82) is 0 Å². The van der Waals surface area contributed by atoms with E-state index >= 15 is 0 Å². The molecule has 0 unspecified atom stereocenters. The molecule has 1 fully saturated rings. The Morgan fingerprint density at radius 2 is 1.16 bits per heavy atom. The first-order valence-electron chi connectivity index (χ1n) is 12.7. The van der Waals surface area contributed by atoms with Gasteiger partial charge in [0, 0.05) is 13.1 Å². The van der Waals surface area contributed by atoms with Crippen LogP contribution in [0.3, 0.4) is 0 Å². The first-order valence-corrected chi connectivity index (χ1v) is 12.7. The van der Waals surface area contributed by atoms with Crippen molar-refractivity contribution in [3.05, 3.63) is 76.4 Å². The minimum Gasteiger partial charge on any atom is -0.303 e. The van der Waals surface area contributed by atoms with Crippen molar-refractivity contribution in [2.24, 2.45) is 0 Å². The van der Waals surface area contributed by atoms with Gasteiger partial charge in [-0.05, 0) is 53.6 Å². The lowest BCUT2D eigenvalue weighted by Gasteiger charge is -2.30. The minimum atomic E-state index is 0. The van der Waals surface area contributed by atoms with Gasteiger partial charge in [-0.15, -0.1) is 12.4 Å². The molecule has 4 rings (SSSR count). The second-order valence-corrected chi connectivity index (χ2v) is 9.30. The molecule has 0 spiro atoms. The van der Waals surface area contributed by atoms with Crippen LogP contribution in [0, 0.1) is 0 Å². The fourth-order valence-electron chi connectivity index (χ4n) is 5.21. The summed E-state index contributed by atoms with van der Waals surface area (Å²) in [6.07, 6.45) is 18.3. The first-order chi connectivity index (χ1) is 15.4. The molecule has 1 saturated heterocycles. The quantitative estimate of drug-likeness (QED) is 0.295. The molecule has 0 saturated carbocycles. The van der Waals surface area contributed by atoms with Crippen LogP contribution in [0.4, 0.5) is 0 Å². The number of nitrogens with zero attached hydrogens (tertiary/aromatic N) is 1. The number of hydrogen-bond donors (Lipinski definition) is 0. The molecule has 2 aliphatic rings. The third-order valence-electron chi connectivity index (χ3n) is 7.04. The molecular weight excluding hydrogens is 410 g/mol. The average Bonchev–Trinajstić information content (AvgIpc) is 2.98. The maximum Gasteiger partial charge on any atom is 0.00190 e. The highest BCUT2D eigenvalue weighted by Gasteiger charge is 2.22. The van der Waals surface area contributed by atoms with Gasteiger partial charge in [0.25, 0.3) is 0 Å². The fraction of sp³-hybridized carbons (Fsp3) is 0.467. The van der Waals surface area contributed by atoms with Crippen molar-refractivity contribution in [3.63, 3.8) is 0 Å². The molecule has 2 aromatic carbocycles. The molecule has 1 aliphatic carbocycles. The average molecular weight is 450 g/mol. The number of hydrogen-bond acceptors (Lipinski definition) is 1. The Balaban J connectivity index is 0.00000289. The number of halogens is 1. The van der Waals surface area contributed by atoms with Gasteiger partial charge in [-0.3, -0.25) is 0 Å². The molecule has 32 heavy (non-hydrogen) atoms. The van der Waals surface area contributed by atoms with Crippen molar-refractivity contribution >= 4 is 30.1 Å². The van der Waals surface area contributed by atoms with Gasteiger partial charge >= 0.3 is 0 Å². The van der Waals surface area contributed by atoms with Crippen LogP contribution in [-0.2, 0) is 0 Å².